The Labute approximate surface area is 471 Å². The first-order valence-electron chi connectivity index (χ1n) is 23.2. The summed E-state index contributed by atoms with van der Waals surface area (Å²) in [6.07, 6.45) is 9.87. The molecule has 0 saturated heterocycles. The van der Waals surface area contributed by atoms with Crippen molar-refractivity contribution in [2.45, 2.75) is 54.7 Å². The number of aliphatic carboxylic acids is 3. The average molecular weight is 1290 g/mol. The molecule has 6 aromatic carbocycles. The Morgan fingerprint density at radius 3 is 0.818 bits per heavy atom. The van der Waals surface area contributed by atoms with Gasteiger partial charge in [-0.25, -0.2) is 13.2 Å². The molecule has 0 amide bonds. The average Bonchev–Trinajstić information content (AvgIpc) is 3.86. The van der Waals surface area contributed by atoms with E-state index in [1.54, 1.807) is 73.4 Å². The number of allylic oxidation sites excluding steroid dienone is 6. The molecule has 0 saturated carbocycles. The van der Waals surface area contributed by atoms with Crippen molar-refractivity contribution < 1.29 is 61.0 Å². The van der Waals surface area contributed by atoms with Crippen LogP contribution >= 0.6 is 0 Å². The Balaban J connectivity index is 0.000000210. The summed E-state index contributed by atoms with van der Waals surface area (Å²) in [7, 11) is -3.13. The van der Waals surface area contributed by atoms with E-state index in [0.29, 0.717) is 33.4 Å². The molecule has 6 aromatic rings. The van der Waals surface area contributed by atoms with E-state index in [0.717, 1.165) is 81.5 Å². The van der Waals surface area contributed by atoms with Gasteiger partial charge >= 0.3 is 26.2 Å². The van der Waals surface area contributed by atoms with Gasteiger partial charge in [-0.15, -0.1) is 0 Å². The summed E-state index contributed by atoms with van der Waals surface area (Å²) in [5.41, 5.74) is 13.6. The normalized spacial score (nSPS) is 15.8. The van der Waals surface area contributed by atoms with Crippen LogP contribution in [-0.2, 0) is 46.8 Å². The predicted octanol–water partition coefficient (Wildman–Crippen LogP) is 7.89. The third-order valence-corrected chi connectivity index (χ3v) is 15.7. The summed E-state index contributed by atoms with van der Waals surface area (Å²) in [5, 5.41) is 33.2. The number of benzene rings is 6. The molecule has 77 heavy (non-hydrogen) atoms. The molecule has 9 rings (SSSR count). The van der Waals surface area contributed by atoms with Gasteiger partial charge in [0.2, 0.25) is 0 Å². The second-order valence-corrected chi connectivity index (χ2v) is 21.9. The molecular weight excluding hydrogens is 1240 g/mol. The van der Waals surface area contributed by atoms with Crippen molar-refractivity contribution in [3.8, 4) is 0 Å². The number of hydrogen-bond donors (Lipinski definition) is 0. The van der Waals surface area contributed by atoms with Crippen LogP contribution in [0.3, 0.4) is 0 Å². The van der Waals surface area contributed by atoms with Crippen molar-refractivity contribution in [2.24, 2.45) is 0 Å². The number of carboxylic acids is 3. The molecule has 0 aliphatic heterocycles. The Bertz CT molecular complexity index is 3200. The van der Waals surface area contributed by atoms with E-state index in [1.165, 1.54) is 36.4 Å². The van der Waals surface area contributed by atoms with Crippen LogP contribution in [0.4, 0.5) is 13.2 Å². The molecule has 10 nitrogen and oxygen atoms in total. The fourth-order valence-electron chi connectivity index (χ4n) is 9.14. The Morgan fingerprint density at radius 1 is 0.403 bits per heavy atom. The standard InChI is InChI=1S/3C20H17FO3S.Bi.H2O/c3*1-12-17(9-13-3-6-15(7-4-13)25(2)24)16-8-5-14(21)10-19(16)18(12)11-20(22)23;;/h3*3-10H,11H2,1-2H3,(H,22,23);;1H2/q;;;+3;/p-3/b3*17-9-;;. The van der Waals surface area contributed by atoms with Crippen molar-refractivity contribution in [2.75, 3.05) is 18.8 Å². The van der Waals surface area contributed by atoms with E-state index in [9.17, 15) is 55.5 Å². The van der Waals surface area contributed by atoms with Crippen molar-refractivity contribution >= 4 is 128 Å². The van der Waals surface area contributed by atoms with E-state index in [2.05, 4.69) is 0 Å². The van der Waals surface area contributed by atoms with E-state index in [-0.39, 0.29) is 50.9 Å². The molecule has 3 atom stereocenters. The van der Waals surface area contributed by atoms with Gasteiger partial charge in [-0.05, 0) is 212 Å². The van der Waals surface area contributed by atoms with Gasteiger partial charge in [-0.2, -0.15) is 0 Å². The molecule has 3 unspecified atom stereocenters. The summed E-state index contributed by atoms with van der Waals surface area (Å²) >= 11 is 0. The van der Waals surface area contributed by atoms with Gasteiger partial charge in [-0.1, -0.05) is 54.6 Å². The molecule has 0 spiro atoms. The van der Waals surface area contributed by atoms with Crippen molar-refractivity contribution in [1.82, 2.24) is 0 Å². The summed E-state index contributed by atoms with van der Waals surface area (Å²) in [6.45, 7) is 5.49. The van der Waals surface area contributed by atoms with Crippen molar-refractivity contribution in [1.29, 1.82) is 0 Å². The van der Waals surface area contributed by atoms with Gasteiger partial charge < -0.3 is 35.2 Å². The van der Waals surface area contributed by atoms with Crippen molar-refractivity contribution in [3.63, 3.8) is 0 Å². The first-order valence-corrected chi connectivity index (χ1v) is 27.8. The zero-order valence-corrected chi connectivity index (χ0v) is 48.4. The van der Waals surface area contributed by atoms with E-state index >= 15 is 0 Å². The Morgan fingerprint density at radius 2 is 0.623 bits per heavy atom. The fraction of sp³-hybridized carbons (Fsp3) is 0.150. The largest absolute Gasteiger partial charge is 3.00 e. The van der Waals surface area contributed by atoms with Crippen LogP contribution in [0.1, 0.15) is 90.1 Å². The van der Waals surface area contributed by atoms with Gasteiger partial charge in [0.1, 0.15) is 17.5 Å². The summed E-state index contributed by atoms with van der Waals surface area (Å²) in [5.74, 6) is -4.79. The molecule has 0 bridgehead atoms. The maximum Gasteiger partial charge on any atom is 3.00 e. The zero-order chi connectivity index (χ0) is 54.4. The molecule has 2 radical (unpaired) electrons. The third-order valence-electron chi connectivity index (χ3n) is 12.9. The van der Waals surface area contributed by atoms with Crippen LogP contribution in [0.5, 0.6) is 0 Å². The van der Waals surface area contributed by atoms with Gasteiger partial charge in [0, 0.05) is 103 Å². The molecule has 3 aliphatic carbocycles. The van der Waals surface area contributed by atoms with E-state index in [4.69, 9.17) is 0 Å². The number of carbonyl (C=O) groups excluding carboxylic acids is 3. The first kappa shape index (κ1) is 61.1. The smallest absolute Gasteiger partial charge is 0.550 e. The zero-order valence-electron chi connectivity index (χ0n) is 42.5. The summed E-state index contributed by atoms with van der Waals surface area (Å²) in [6, 6.07) is 35.1. The van der Waals surface area contributed by atoms with Gasteiger partial charge in [0.25, 0.3) is 0 Å². The number of rotatable bonds is 12. The second-order valence-electron chi connectivity index (χ2n) is 17.8. The van der Waals surface area contributed by atoms with Crippen LogP contribution in [0, 0.1) is 17.5 Å². The quantitative estimate of drug-likeness (QED) is 0.109. The first-order chi connectivity index (χ1) is 35.6. The van der Waals surface area contributed by atoms with Crippen LogP contribution in [0.15, 0.2) is 159 Å². The third kappa shape index (κ3) is 14.6. The minimum atomic E-state index is -1.19. The molecular formula is C60H50BiF3O10S3. The van der Waals surface area contributed by atoms with E-state index in [1.807, 2.05) is 75.4 Å². The minimum Gasteiger partial charge on any atom is -0.550 e. The van der Waals surface area contributed by atoms with Crippen molar-refractivity contribution in [3.05, 3.63) is 212 Å². The van der Waals surface area contributed by atoms with E-state index < -0.39 is 67.8 Å². The maximum atomic E-state index is 13.6. The number of halogens is 3. The monoisotopic (exact) mass is 1290 g/mol. The van der Waals surface area contributed by atoms with Crippen LogP contribution < -0.4 is 15.3 Å². The second kappa shape index (κ2) is 26.5. The SMILES string of the molecule is CC1=C(CC(=O)[O-])c2cc(F)ccc2/C1=C\c1ccc(S(C)=O)cc1.CC1=C(CC(=O)[O-])c2cc(F)ccc2/C1=C\c1ccc(S(C)=O)cc1.CC1=C(CC(=O)[O-])c2cc(F)ccc2/C1=C\c1ccc(S(C)=O)cc1.O.[Bi+3]. The number of hydrogen-bond acceptors (Lipinski definition) is 9. The van der Waals surface area contributed by atoms with Crippen LogP contribution in [-0.4, -0.2) is 81.0 Å². The van der Waals surface area contributed by atoms with Gasteiger partial charge in [0.05, 0.1) is 0 Å². The predicted molar refractivity (Wildman–Crippen MR) is 295 cm³/mol. The fourth-order valence-corrected chi connectivity index (χ4v) is 10.7. The van der Waals surface area contributed by atoms with Crippen LogP contribution in [0.25, 0.3) is 51.7 Å². The van der Waals surface area contributed by atoms with Crippen LogP contribution in [0.2, 0.25) is 0 Å². The summed E-state index contributed by atoms with van der Waals surface area (Å²) < 4.78 is 75.4. The molecule has 0 fully saturated rings. The molecule has 0 heterocycles. The molecule has 2 N–H and O–H groups in total. The topological polar surface area (TPSA) is 203 Å². The number of carboxylic acid groups (broad SMARTS) is 3. The number of carbonyl (C=O) groups is 3. The maximum absolute atomic E-state index is 13.6. The molecule has 0 aromatic heterocycles. The molecule has 3 aliphatic rings. The number of fused-ring (bicyclic) bond motifs is 3. The summed E-state index contributed by atoms with van der Waals surface area (Å²) in [4.78, 5) is 35.4. The van der Waals surface area contributed by atoms with Gasteiger partial charge in [-0.3, -0.25) is 12.6 Å². The molecule has 394 valence electrons. The van der Waals surface area contributed by atoms with Gasteiger partial charge in [0.15, 0.2) is 0 Å². The minimum absolute atomic E-state index is 0. The Hall–Kier alpha value is -6.75. The Kier molecular flexibility index (Phi) is 21.1. The molecule has 17 heteroatoms.